The third-order valence-electron chi connectivity index (χ3n) is 3.64. The van der Waals surface area contributed by atoms with Crippen LogP contribution in [0.25, 0.3) is 0 Å². The predicted molar refractivity (Wildman–Crippen MR) is 75.1 cm³/mol. The highest BCUT2D eigenvalue weighted by Crippen LogP contribution is 2.32. The van der Waals surface area contributed by atoms with Crippen molar-refractivity contribution in [3.63, 3.8) is 0 Å². The fourth-order valence-corrected chi connectivity index (χ4v) is 3.36. The molecule has 1 unspecified atom stereocenters. The summed E-state index contributed by atoms with van der Waals surface area (Å²) in [6.45, 7) is 0.926. The normalized spacial score (nSPS) is 18.5. The molecule has 0 spiro atoms. The smallest absolute Gasteiger partial charge is 0.211 e. The quantitative estimate of drug-likeness (QED) is 0.806. The largest absolute Gasteiger partial charge is 0.384 e. The van der Waals surface area contributed by atoms with Gasteiger partial charge in [-0.05, 0) is 25.3 Å². The molecule has 2 rings (SSSR count). The minimum absolute atomic E-state index is 0.000351. The topological polar surface area (TPSA) is 66.4 Å². The van der Waals surface area contributed by atoms with E-state index < -0.39 is 27.3 Å². The van der Waals surface area contributed by atoms with Gasteiger partial charge in [0.25, 0.3) is 0 Å². The molecule has 1 aliphatic carbocycles. The molecule has 0 aromatic heterocycles. The Hall–Kier alpha value is -1.05. The maximum Gasteiger partial charge on any atom is 0.211 e. The second-order valence-electron chi connectivity index (χ2n) is 5.77. The Morgan fingerprint density at radius 1 is 1.38 bits per heavy atom. The summed E-state index contributed by atoms with van der Waals surface area (Å²) in [4.78, 5) is 0. The number of benzene rings is 1. The number of nitrogens with one attached hydrogen (secondary N) is 1. The molecule has 1 aromatic carbocycles. The molecule has 0 bridgehead atoms. The molecule has 1 aromatic rings. The van der Waals surface area contributed by atoms with E-state index in [2.05, 4.69) is 4.72 Å². The van der Waals surface area contributed by atoms with Crippen LogP contribution in [0.4, 0.5) is 8.78 Å². The lowest BCUT2D eigenvalue weighted by Gasteiger charge is -2.24. The van der Waals surface area contributed by atoms with Crippen LogP contribution in [-0.4, -0.2) is 25.8 Å². The van der Waals surface area contributed by atoms with Crippen molar-refractivity contribution in [2.75, 3.05) is 12.3 Å². The van der Waals surface area contributed by atoms with E-state index in [9.17, 15) is 22.3 Å². The molecular weight excluding hydrogens is 300 g/mol. The van der Waals surface area contributed by atoms with E-state index in [1.807, 2.05) is 0 Å². The summed E-state index contributed by atoms with van der Waals surface area (Å²) >= 11 is 0. The van der Waals surface area contributed by atoms with Crippen molar-refractivity contribution < 1.29 is 22.3 Å². The highest BCUT2D eigenvalue weighted by molar-refractivity contribution is 7.89. The van der Waals surface area contributed by atoms with Crippen LogP contribution in [0.2, 0.25) is 0 Å². The van der Waals surface area contributed by atoms with Gasteiger partial charge in [0.2, 0.25) is 10.0 Å². The fraction of sp³-hybridized carbons (Fsp3) is 0.571. The monoisotopic (exact) mass is 319 g/mol. The average Bonchev–Trinajstić information content (AvgIpc) is 3.18. The maximum atomic E-state index is 13.7. The number of halogens is 2. The van der Waals surface area contributed by atoms with Gasteiger partial charge >= 0.3 is 0 Å². The van der Waals surface area contributed by atoms with E-state index in [4.69, 9.17) is 0 Å². The van der Waals surface area contributed by atoms with E-state index in [1.54, 1.807) is 0 Å². The minimum atomic E-state index is -3.51. The summed E-state index contributed by atoms with van der Waals surface area (Å²) in [5, 5.41) is 10.2. The standard InChI is InChI=1S/C14H19F2NO3S/c1-14(18,12-5-4-11(15)8-13(12)16)9-17-21(19,20)7-6-10-2-3-10/h4-5,8,10,17-18H,2-3,6-7,9H2,1H3. The Labute approximate surface area is 123 Å². The molecule has 1 saturated carbocycles. The second kappa shape index (κ2) is 5.98. The van der Waals surface area contributed by atoms with Gasteiger partial charge in [-0.15, -0.1) is 0 Å². The van der Waals surface area contributed by atoms with Crippen molar-refractivity contribution >= 4 is 10.0 Å². The number of hydrogen-bond acceptors (Lipinski definition) is 3. The third-order valence-corrected chi connectivity index (χ3v) is 5.00. The van der Waals surface area contributed by atoms with Crippen molar-refractivity contribution in [2.24, 2.45) is 5.92 Å². The van der Waals surface area contributed by atoms with Crippen molar-refractivity contribution in [3.05, 3.63) is 35.4 Å². The first-order chi connectivity index (χ1) is 9.70. The molecular formula is C14H19F2NO3S. The van der Waals surface area contributed by atoms with Crippen molar-refractivity contribution in [2.45, 2.75) is 31.8 Å². The van der Waals surface area contributed by atoms with Gasteiger partial charge in [0, 0.05) is 18.2 Å². The van der Waals surface area contributed by atoms with Crippen LogP contribution in [0.3, 0.4) is 0 Å². The molecule has 2 N–H and O–H groups in total. The molecule has 0 amide bonds. The third kappa shape index (κ3) is 4.72. The Morgan fingerprint density at radius 2 is 2.05 bits per heavy atom. The molecule has 0 radical (unpaired) electrons. The van der Waals surface area contributed by atoms with E-state index in [0.29, 0.717) is 18.4 Å². The minimum Gasteiger partial charge on any atom is -0.384 e. The number of hydrogen-bond donors (Lipinski definition) is 2. The zero-order chi connectivity index (χ0) is 15.7. The average molecular weight is 319 g/mol. The van der Waals surface area contributed by atoms with E-state index in [0.717, 1.165) is 25.0 Å². The van der Waals surface area contributed by atoms with Crippen LogP contribution in [0.1, 0.15) is 31.7 Å². The molecule has 118 valence electrons. The van der Waals surface area contributed by atoms with Crippen LogP contribution in [0.15, 0.2) is 18.2 Å². The first-order valence-corrected chi connectivity index (χ1v) is 8.50. The van der Waals surface area contributed by atoms with Crippen molar-refractivity contribution in [1.29, 1.82) is 0 Å². The predicted octanol–water partition coefficient (Wildman–Crippen LogP) is 1.89. The molecule has 7 heteroatoms. The van der Waals surface area contributed by atoms with Gasteiger partial charge in [-0.2, -0.15) is 0 Å². The lowest BCUT2D eigenvalue weighted by atomic mass is 9.96. The van der Waals surface area contributed by atoms with Crippen LogP contribution in [-0.2, 0) is 15.6 Å². The SMILES string of the molecule is CC(O)(CNS(=O)(=O)CCC1CC1)c1ccc(F)cc1F. The van der Waals surface area contributed by atoms with E-state index >= 15 is 0 Å². The Bertz CT molecular complexity index is 613. The van der Waals surface area contributed by atoms with Crippen LogP contribution < -0.4 is 4.72 Å². The molecule has 4 nitrogen and oxygen atoms in total. The molecule has 1 aliphatic rings. The summed E-state index contributed by atoms with van der Waals surface area (Å²) in [6, 6.07) is 2.79. The summed E-state index contributed by atoms with van der Waals surface area (Å²) < 4.78 is 52.4. The number of rotatable bonds is 7. The Morgan fingerprint density at radius 3 is 2.62 bits per heavy atom. The molecule has 1 fully saturated rings. The highest BCUT2D eigenvalue weighted by atomic mass is 32.2. The van der Waals surface area contributed by atoms with Gasteiger partial charge in [0.05, 0.1) is 5.75 Å². The number of sulfonamides is 1. The number of aliphatic hydroxyl groups is 1. The molecule has 0 aliphatic heterocycles. The zero-order valence-corrected chi connectivity index (χ0v) is 12.6. The molecule has 21 heavy (non-hydrogen) atoms. The van der Waals surface area contributed by atoms with Crippen LogP contribution >= 0.6 is 0 Å². The zero-order valence-electron chi connectivity index (χ0n) is 11.8. The van der Waals surface area contributed by atoms with Gasteiger partial charge < -0.3 is 5.11 Å². The maximum absolute atomic E-state index is 13.7. The van der Waals surface area contributed by atoms with Crippen molar-refractivity contribution in [1.82, 2.24) is 4.72 Å². The second-order valence-corrected chi connectivity index (χ2v) is 7.70. The highest BCUT2D eigenvalue weighted by Gasteiger charge is 2.29. The fourth-order valence-electron chi connectivity index (χ4n) is 2.07. The van der Waals surface area contributed by atoms with Gasteiger partial charge in [-0.1, -0.05) is 18.9 Å². The molecule has 0 heterocycles. The summed E-state index contributed by atoms with van der Waals surface area (Å²) in [5.74, 6) is -1.18. The van der Waals surface area contributed by atoms with E-state index in [1.165, 1.54) is 6.92 Å². The lowest BCUT2D eigenvalue weighted by Crippen LogP contribution is -2.40. The Balaban J connectivity index is 1.99. The van der Waals surface area contributed by atoms with Crippen molar-refractivity contribution in [3.8, 4) is 0 Å². The first kappa shape index (κ1) is 16.3. The first-order valence-electron chi connectivity index (χ1n) is 6.85. The van der Waals surface area contributed by atoms with Gasteiger partial charge in [0.15, 0.2) is 0 Å². The van der Waals surface area contributed by atoms with Gasteiger partial charge in [-0.3, -0.25) is 0 Å². The summed E-state index contributed by atoms with van der Waals surface area (Å²) in [5.41, 5.74) is -1.89. The van der Waals surface area contributed by atoms with Gasteiger partial charge in [-0.25, -0.2) is 21.9 Å². The van der Waals surface area contributed by atoms with Crippen LogP contribution in [0, 0.1) is 17.6 Å². The molecule has 1 atom stereocenters. The summed E-state index contributed by atoms with van der Waals surface area (Å²) in [6.07, 6.45) is 2.73. The summed E-state index contributed by atoms with van der Waals surface area (Å²) in [7, 11) is -3.51. The Kier molecular flexibility index (Phi) is 4.65. The molecule has 0 saturated heterocycles. The van der Waals surface area contributed by atoms with Crippen LogP contribution in [0.5, 0.6) is 0 Å². The van der Waals surface area contributed by atoms with Gasteiger partial charge in [0.1, 0.15) is 17.2 Å². The lowest BCUT2D eigenvalue weighted by molar-refractivity contribution is 0.0588. The van der Waals surface area contributed by atoms with E-state index in [-0.39, 0.29) is 17.9 Å².